The van der Waals surface area contributed by atoms with Crippen molar-refractivity contribution in [2.45, 2.75) is 420 Å². The number of phosphoric acid groups is 2. The Morgan fingerprint density at radius 1 is 0.255 bits per heavy atom. The number of aliphatic hydroxyl groups excluding tert-OH is 1. The molecule has 0 aliphatic heterocycles. The fraction of sp³-hybridized carbons (Fsp3) is 0.949. The van der Waals surface area contributed by atoms with Crippen molar-refractivity contribution in [2.24, 2.45) is 23.7 Å². The zero-order valence-electron chi connectivity index (χ0n) is 64.4. The Bertz CT molecular complexity index is 1920. The van der Waals surface area contributed by atoms with Crippen LogP contribution in [0, 0.1) is 23.7 Å². The number of phosphoric ester groups is 2. The second kappa shape index (κ2) is 68.2. The van der Waals surface area contributed by atoms with Crippen molar-refractivity contribution in [2.75, 3.05) is 39.6 Å². The SMILES string of the molecule is CC(C)CCCCCCCCCCCCCCCCCCCCC(=O)OC[C@H](COP(=O)(O)OCC(O)COP(=O)(O)OC[C@@H](COC(=O)CCCCCCCCCC(C)C)OC(=O)CCCCCCCCCCCCCCCC(C)C)OC(=O)CCCCCCCCCCC(C)C. The predicted octanol–water partition coefficient (Wildman–Crippen LogP) is 23.2. The normalized spacial score (nSPS) is 14.1. The Labute approximate surface area is 600 Å². The van der Waals surface area contributed by atoms with E-state index in [0.717, 1.165) is 114 Å². The third-order valence-corrected chi connectivity index (χ3v) is 20.2. The molecule has 582 valence electrons. The molecular weight excluding hydrogens is 1280 g/mol. The molecule has 0 aromatic rings. The number of unbranched alkanes of at least 4 members (excludes halogenated alkanes) is 42. The number of hydrogen-bond donors (Lipinski definition) is 3. The molecule has 0 amide bonds. The molecule has 17 nitrogen and oxygen atoms in total. The number of ether oxygens (including phenoxy) is 4. The van der Waals surface area contributed by atoms with Crippen LogP contribution in [0.3, 0.4) is 0 Å². The van der Waals surface area contributed by atoms with Crippen molar-refractivity contribution in [1.82, 2.24) is 0 Å². The van der Waals surface area contributed by atoms with Gasteiger partial charge in [-0.2, -0.15) is 0 Å². The van der Waals surface area contributed by atoms with Crippen molar-refractivity contribution in [1.29, 1.82) is 0 Å². The minimum Gasteiger partial charge on any atom is -0.462 e. The highest BCUT2D eigenvalue weighted by Gasteiger charge is 2.30. The zero-order valence-corrected chi connectivity index (χ0v) is 66.2. The number of carbonyl (C=O) groups excluding carboxylic acids is 4. The molecule has 0 aromatic carbocycles. The average molecular weight is 1440 g/mol. The third-order valence-electron chi connectivity index (χ3n) is 18.3. The molecule has 3 unspecified atom stereocenters. The molecule has 0 radical (unpaired) electrons. The molecule has 0 bridgehead atoms. The van der Waals surface area contributed by atoms with Crippen LogP contribution in [0.4, 0.5) is 0 Å². The Hall–Kier alpha value is -1.94. The Kier molecular flexibility index (Phi) is 66.8. The van der Waals surface area contributed by atoms with Gasteiger partial charge in [0.05, 0.1) is 26.4 Å². The molecule has 0 saturated heterocycles. The first-order chi connectivity index (χ1) is 47.1. The van der Waals surface area contributed by atoms with Crippen LogP contribution in [0.15, 0.2) is 0 Å². The van der Waals surface area contributed by atoms with E-state index in [1.54, 1.807) is 0 Å². The summed E-state index contributed by atoms with van der Waals surface area (Å²) < 4.78 is 68.6. The summed E-state index contributed by atoms with van der Waals surface area (Å²) >= 11 is 0. The number of esters is 4. The lowest BCUT2D eigenvalue weighted by Gasteiger charge is -2.21. The van der Waals surface area contributed by atoms with E-state index in [0.29, 0.717) is 31.6 Å². The summed E-state index contributed by atoms with van der Waals surface area (Å²) in [6.45, 7) is 14.2. The van der Waals surface area contributed by atoms with Gasteiger partial charge in [-0.25, -0.2) is 9.13 Å². The van der Waals surface area contributed by atoms with Crippen LogP contribution in [-0.2, 0) is 65.4 Å². The Morgan fingerprint density at radius 2 is 0.429 bits per heavy atom. The molecule has 0 aliphatic rings. The van der Waals surface area contributed by atoms with E-state index >= 15 is 0 Å². The fourth-order valence-corrected chi connectivity index (χ4v) is 13.7. The van der Waals surface area contributed by atoms with Crippen LogP contribution in [0.5, 0.6) is 0 Å². The smallest absolute Gasteiger partial charge is 0.462 e. The first-order valence-corrected chi connectivity index (χ1v) is 43.7. The second-order valence-electron chi connectivity index (χ2n) is 30.4. The van der Waals surface area contributed by atoms with E-state index in [1.807, 2.05) is 0 Å². The van der Waals surface area contributed by atoms with Crippen LogP contribution in [0.2, 0.25) is 0 Å². The molecule has 0 spiro atoms. The minimum atomic E-state index is -4.96. The van der Waals surface area contributed by atoms with Gasteiger partial charge in [-0.05, 0) is 49.4 Å². The summed E-state index contributed by atoms with van der Waals surface area (Å²) in [5.41, 5.74) is 0. The molecule has 0 aromatic heterocycles. The lowest BCUT2D eigenvalue weighted by molar-refractivity contribution is -0.161. The van der Waals surface area contributed by atoms with Crippen molar-refractivity contribution < 1.29 is 80.2 Å². The van der Waals surface area contributed by atoms with E-state index < -0.39 is 97.5 Å². The average Bonchev–Trinajstić information content (AvgIpc) is 1.07. The van der Waals surface area contributed by atoms with Crippen LogP contribution in [0.25, 0.3) is 0 Å². The summed E-state index contributed by atoms with van der Waals surface area (Å²) in [5.74, 6) is 0.913. The zero-order chi connectivity index (χ0) is 72.4. The lowest BCUT2D eigenvalue weighted by Crippen LogP contribution is -2.30. The summed E-state index contributed by atoms with van der Waals surface area (Å²) in [4.78, 5) is 72.9. The van der Waals surface area contributed by atoms with E-state index in [9.17, 15) is 43.2 Å². The van der Waals surface area contributed by atoms with Gasteiger partial charge in [0.1, 0.15) is 19.3 Å². The number of aliphatic hydroxyl groups is 1. The first kappa shape index (κ1) is 96.1. The lowest BCUT2D eigenvalue weighted by atomic mass is 10.0. The second-order valence-corrected chi connectivity index (χ2v) is 33.3. The van der Waals surface area contributed by atoms with Gasteiger partial charge in [0.25, 0.3) is 0 Å². The van der Waals surface area contributed by atoms with Gasteiger partial charge < -0.3 is 33.8 Å². The van der Waals surface area contributed by atoms with Crippen molar-refractivity contribution >= 4 is 39.5 Å². The standard InChI is InChI=1S/C79H154O17P2/c1-69(2)55-47-39-31-24-20-16-13-11-9-10-12-14-18-22-26-35-43-51-59-76(81)89-65-74(96-79(84)62-54-46-37-29-28-33-41-49-57-71(5)6)67-93-97(85,86)91-63-73(80)64-92-98(87,88)94-68-75(66-90-77(82)60-52-44-38-30-34-42-50-58-72(7)8)95-78(83)61-53-45-36-27-23-19-15-17-21-25-32-40-48-56-70(3)4/h69-75,80H,9-68H2,1-8H3,(H,85,86)(H,87,88)/t73?,74-,75-/m1/s1. The minimum absolute atomic E-state index is 0.105. The molecule has 0 fully saturated rings. The van der Waals surface area contributed by atoms with Gasteiger partial charge >= 0.3 is 39.5 Å². The summed E-state index contributed by atoms with van der Waals surface area (Å²) in [5, 5.41) is 10.6. The largest absolute Gasteiger partial charge is 0.472 e. The Morgan fingerprint density at radius 3 is 0.633 bits per heavy atom. The van der Waals surface area contributed by atoms with Crippen molar-refractivity contribution in [3.8, 4) is 0 Å². The predicted molar refractivity (Wildman–Crippen MR) is 400 cm³/mol. The maximum absolute atomic E-state index is 13.1. The third kappa shape index (κ3) is 72.4. The van der Waals surface area contributed by atoms with Gasteiger partial charge in [-0.15, -0.1) is 0 Å². The van der Waals surface area contributed by atoms with E-state index in [2.05, 4.69) is 55.4 Å². The highest BCUT2D eigenvalue weighted by atomic mass is 31.2. The van der Waals surface area contributed by atoms with Gasteiger partial charge in [-0.1, -0.05) is 351 Å². The van der Waals surface area contributed by atoms with Gasteiger partial charge in [0, 0.05) is 25.7 Å². The van der Waals surface area contributed by atoms with Crippen LogP contribution < -0.4 is 0 Å². The summed E-state index contributed by atoms with van der Waals surface area (Å²) in [6.07, 6.45) is 54.4. The van der Waals surface area contributed by atoms with E-state index in [4.69, 9.17) is 37.0 Å². The molecule has 19 heteroatoms. The molecule has 0 heterocycles. The monoisotopic (exact) mass is 1440 g/mol. The first-order valence-electron chi connectivity index (χ1n) is 40.7. The molecule has 0 rings (SSSR count). The van der Waals surface area contributed by atoms with Gasteiger partial charge in [0.15, 0.2) is 12.2 Å². The van der Waals surface area contributed by atoms with Crippen LogP contribution in [-0.4, -0.2) is 96.7 Å². The Balaban J connectivity index is 5.16. The number of rotatable bonds is 76. The quantitative estimate of drug-likeness (QED) is 0.0222. The molecule has 0 aliphatic carbocycles. The molecule has 98 heavy (non-hydrogen) atoms. The highest BCUT2D eigenvalue weighted by Crippen LogP contribution is 2.45. The molecule has 5 atom stereocenters. The van der Waals surface area contributed by atoms with Crippen LogP contribution in [0.1, 0.15) is 402 Å². The van der Waals surface area contributed by atoms with Crippen molar-refractivity contribution in [3.63, 3.8) is 0 Å². The summed E-state index contributed by atoms with van der Waals surface area (Å²) in [6, 6.07) is 0. The molecule has 3 N–H and O–H groups in total. The number of carbonyl (C=O) groups is 4. The maximum atomic E-state index is 13.1. The van der Waals surface area contributed by atoms with Crippen LogP contribution >= 0.6 is 15.6 Å². The van der Waals surface area contributed by atoms with Gasteiger partial charge in [0.2, 0.25) is 0 Å². The maximum Gasteiger partial charge on any atom is 0.472 e. The van der Waals surface area contributed by atoms with Gasteiger partial charge in [-0.3, -0.25) is 37.3 Å². The van der Waals surface area contributed by atoms with E-state index in [-0.39, 0.29) is 25.7 Å². The fourth-order valence-electron chi connectivity index (χ4n) is 12.1. The summed E-state index contributed by atoms with van der Waals surface area (Å²) in [7, 11) is -9.92. The van der Waals surface area contributed by atoms with E-state index in [1.165, 1.54) is 199 Å². The molecule has 0 saturated carbocycles. The highest BCUT2D eigenvalue weighted by molar-refractivity contribution is 7.47. The number of hydrogen-bond acceptors (Lipinski definition) is 15. The molecular formula is C79H154O17P2. The van der Waals surface area contributed by atoms with Crippen molar-refractivity contribution in [3.05, 3.63) is 0 Å². The topological polar surface area (TPSA) is 237 Å².